The molecule has 2 unspecified atom stereocenters. The van der Waals surface area contributed by atoms with Crippen molar-refractivity contribution in [1.29, 1.82) is 5.26 Å². The molecule has 3 nitrogen and oxygen atoms in total. The lowest BCUT2D eigenvalue weighted by Crippen LogP contribution is -2.33. The van der Waals surface area contributed by atoms with Gasteiger partial charge in [0.1, 0.15) is 17.6 Å². The Labute approximate surface area is 112 Å². The number of aromatic nitrogens is 1. The number of halogens is 1. The van der Waals surface area contributed by atoms with Crippen molar-refractivity contribution in [2.24, 2.45) is 5.73 Å². The summed E-state index contributed by atoms with van der Waals surface area (Å²) < 4.78 is 15.8. The molecule has 2 rings (SSSR count). The smallest absolute Gasteiger partial charge is 0.128 e. The Balaban J connectivity index is 2.55. The molecule has 0 aliphatic heterocycles. The molecule has 0 spiro atoms. The highest BCUT2D eigenvalue weighted by Crippen LogP contribution is 2.26. The number of nitriles is 1. The lowest BCUT2D eigenvalue weighted by Gasteiger charge is -2.26. The van der Waals surface area contributed by atoms with Gasteiger partial charge in [0.25, 0.3) is 0 Å². The second kappa shape index (κ2) is 5.68. The molecule has 0 fully saturated rings. The Morgan fingerprint density at radius 2 is 2.05 bits per heavy atom. The van der Waals surface area contributed by atoms with E-state index in [0.29, 0.717) is 17.7 Å². The third-order valence-corrected chi connectivity index (χ3v) is 3.29. The van der Waals surface area contributed by atoms with E-state index in [9.17, 15) is 4.39 Å². The van der Waals surface area contributed by atoms with Crippen LogP contribution in [0.2, 0.25) is 0 Å². The summed E-state index contributed by atoms with van der Waals surface area (Å²) in [6.45, 7) is 1.95. The standard InChI is InChI=1S/C15H16FN3/c1-2-14(18)15(12-7-3-4-8-13(12)16)19-9-5-6-11(19)10-17/h3-9,14-15H,2,18H2,1H3. The molecule has 0 aliphatic carbocycles. The minimum absolute atomic E-state index is 0.253. The van der Waals surface area contributed by atoms with Crippen molar-refractivity contribution in [2.45, 2.75) is 25.4 Å². The van der Waals surface area contributed by atoms with Crippen LogP contribution in [0.25, 0.3) is 0 Å². The number of benzene rings is 1. The average molecular weight is 257 g/mol. The Kier molecular flexibility index (Phi) is 3.98. The highest BCUT2D eigenvalue weighted by atomic mass is 19.1. The van der Waals surface area contributed by atoms with Gasteiger partial charge in [0.15, 0.2) is 0 Å². The van der Waals surface area contributed by atoms with E-state index in [0.717, 1.165) is 0 Å². The van der Waals surface area contributed by atoms with Crippen molar-refractivity contribution >= 4 is 0 Å². The van der Waals surface area contributed by atoms with Gasteiger partial charge in [-0.3, -0.25) is 0 Å². The fourth-order valence-electron chi connectivity index (χ4n) is 2.26. The van der Waals surface area contributed by atoms with Crippen LogP contribution in [0, 0.1) is 17.1 Å². The summed E-state index contributed by atoms with van der Waals surface area (Å²) in [6, 6.07) is 11.5. The van der Waals surface area contributed by atoms with Gasteiger partial charge in [-0.2, -0.15) is 5.26 Å². The summed E-state index contributed by atoms with van der Waals surface area (Å²) in [7, 11) is 0. The van der Waals surface area contributed by atoms with E-state index in [1.54, 1.807) is 41.1 Å². The molecule has 0 aliphatic rings. The molecule has 2 N–H and O–H groups in total. The molecule has 1 aromatic carbocycles. The number of rotatable bonds is 4. The zero-order valence-corrected chi connectivity index (χ0v) is 10.8. The van der Waals surface area contributed by atoms with Crippen LogP contribution in [-0.4, -0.2) is 10.6 Å². The first-order valence-electron chi connectivity index (χ1n) is 6.26. The Bertz CT molecular complexity index is 595. The molecule has 0 saturated carbocycles. The van der Waals surface area contributed by atoms with Gasteiger partial charge < -0.3 is 10.3 Å². The van der Waals surface area contributed by atoms with Gasteiger partial charge in [-0.1, -0.05) is 25.1 Å². The van der Waals surface area contributed by atoms with Crippen LogP contribution in [0.15, 0.2) is 42.6 Å². The zero-order chi connectivity index (χ0) is 13.8. The molecule has 19 heavy (non-hydrogen) atoms. The number of nitrogens with zero attached hydrogens (tertiary/aromatic N) is 2. The minimum atomic E-state index is -0.365. The van der Waals surface area contributed by atoms with Crippen molar-refractivity contribution in [3.05, 3.63) is 59.7 Å². The number of hydrogen-bond donors (Lipinski definition) is 1. The fourth-order valence-corrected chi connectivity index (χ4v) is 2.26. The van der Waals surface area contributed by atoms with Gasteiger partial charge in [-0.05, 0) is 24.6 Å². The lowest BCUT2D eigenvalue weighted by molar-refractivity contribution is 0.438. The molecule has 98 valence electrons. The Morgan fingerprint density at radius 1 is 1.32 bits per heavy atom. The first-order valence-corrected chi connectivity index (χ1v) is 6.26. The molecular weight excluding hydrogens is 241 g/mol. The van der Waals surface area contributed by atoms with Crippen LogP contribution < -0.4 is 5.73 Å². The maximum Gasteiger partial charge on any atom is 0.128 e. The van der Waals surface area contributed by atoms with Crippen LogP contribution in [0.4, 0.5) is 4.39 Å². The van der Waals surface area contributed by atoms with E-state index in [4.69, 9.17) is 11.0 Å². The zero-order valence-electron chi connectivity index (χ0n) is 10.8. The topological polar surface area (TPSA) is 54.7 Å². The molecular formula is C15H16FN3. The molecule has 2 aromatic rings. The van der Waals surface area contributed by atoms with Gasteiger partial charge in [-0.25, -0.2) is 4.39 Å². The average Bonchev–Trinajstić information content (AvgIpc) is 2.89. The summed E-state index contributed by atoms with van der Waals surface area (Å²) in [5.41, 5.74) is 7.14. The van der Waals surface area contributed by atoms with Crippen LogP contribution >= 0.6 is 0 Å². The van der Waals surface area contributed by atoms with Crippen LogP contribution in [0.5, 0.6) is 0 Å². The highest BCUT2D eigenvalue weighted by molar-refractivity contribution is 5.30. The quantitative estimate of drug-likeness (QED) is 0.915. The number of hydrogen-bond acceptors (Lipinski definition) is 2. The van der Waals surface area contributed by atoms with Crippen LogP contribution in [-0.2, 0) is 0 Å². The highest BCUT2D eigenvalue weighted by Gasteiger charge is 2.24. The molecule has 1 heterocycles. The molecule has 0 saturated heterocycles. The first-order chi connectivity index (χ1) is 9.19. The monoisotopic (exact) mass is 257 g/mol. The predicted octanol–water partition coefficient (Wildman–Crippen LogP) is 2.83. The lowest BCUT2D eigenvalue weighted by atomic mass is 9.97. The van der Waals surface area contributed by atoms with Crippen LogP contribution in [0.3, 0.4) is 0 Å². The maximum atomic E-state index is 14.0. The third-order valence-electron chi connectivity index (χ3n) is 3.29. The van der Waals surface area contributed by atoms with E-state index in [2.05, 4.69) is 6.07 Å². The summed E-state index contributed by atoms with van der Waals surface area (Å²) in [4.78, 5) is 0. The second-order valence-electron chi connectivity index (χ2n) is 4.45. The van der Waals surface area contributed by atoms with Gasteiger partial charge in [0.05, 0.1) is 6.04 Å². The Hall–Kier alpha value is -2.12. The third kappa shape index (κ3) is 2.51. The largest absolute Gasteiger partial charge is 0.330 e. The first kappa shape index (κ1) is 13.3. The molecule has 2 atom stereocenters. The number of nitrogens with two attached hydrogens (primary N) is 1. The summed E-state index contributed by atoms with van der Waals surface area (Å²) in [5.74, 6) is -0.297. The van der Waals surface area contributed by atoms with E-state index in [1.165, 1.54) is 6.07 Å². The molecule has 0 radical (unpaired) electrons. The minimum Gasteiger partial charge on any atom is -0.330 e. The van der Waals surface area contributed by atoms with Crippen LogP contribution in [0.1, 0.15) is 30.6 Å². The summed E-state index contributed by atoms with van der Waals surface area (Å²) in [6.07, 6.45) is 2.47. The summed E-state index contributed by atoms with van der Waals surface area (Å²) >= 11 is 0. The van der Waals surface area contributed by atoms with E-state index in [1.807, 2.05) is 6.92 Å². The van der Waals surface area contributed by atoms with Gasteiger partial charge in [0, 0.05) is 17.8 Å². The van der Waals surface area contributed by atoms with Crippen molar-refractivity contribution in [3.63, 3.8) is 0 Å². The van der Waals surface area contributed by atoms with Gasteiger partial charge >= 0.3 is 0 Å². The molecule has 0 bridgehead atoms. The van der Waals surface area contributed by atoms with Crippen molar-refractivity contribution in [1.82, 2.24) is 4.57 Å². The Morgan fingerprint density at radius 3 is 2.68 bits per heavy atom. The van der Waals surface area contributed by atoms with Gasteiger partial charge in [-0.15, -0.1) is 0 Å². The fraction of sp³-hybridized carbons (Fsp3) is 0.267. The van der Waals surface area contributed by atoms with Crippen molar-refractivity contribution < 1.29 is 4.39 Å². The second-order valence-corrected chi connectivity index (χ2v) is 4.45. The maximum absolute atomic E-state index is 14.0. The van der Waals surface area contributed by atoms with E-state index < -0.39 is 0 Å². The van der Waals surface area contributed by atoms with E-state index >= 15 is 0 Å². The molecule has 4 heteroatoms. The van der Waals surface area contributed by atoms with Crippen molar-refractivity contribution in [2.75, 3.05) is 0 Å². The predicted molar refractivity (Wildman–Crippen MR) is 72.0 cm³/mol. The summed E-state index contributed by atoms with van der Waals surface area (Å²) in [5, 5.41) is 9.12. The van der Waals surface area contributed by atoms with Gasteiger partial charge in [0.2, 0.25) is 0 Å². The SMILES string of the molecule is CCC(N)C(c1ccccc1F)n1cccc1C#N. The van der Waals surface area contributed by atoms with Crippen molar-refractivity contribution in [3.8, 4) is 6.07 Å². The van der Waals surface area contributed by atoms with E-state index in [-0.39, 0.29) is 17.9 Å². The normalized spacial score (nSPS) is 13.8. The molecule has 0 amide bonds. The molecule has 1 aromatic heterocycles.